The summed E-state index contributed by atoms with van der Waals surface area (Å²) in [6.45, 7) is 5.83. The summed E-state index contributed by atoms with van der Waals surface area (Å²) in [5.41, 5.74) is 3.53. The van der Waals surface area contributed by atoms with Crippen LogP contribution in [0.1, 0.15) is 60.0 Å². The van der Waals surface area contributed by atoms with Crippen LogP contribution < -0.4 is 14.8 Å². The predicted octanol–water partition coefficient (Wildman–Crippen LogP) is 7.59. The summed E-state index contributed by atoms with van der Waals surface area (Å²) in [6.07, 6.45) is 0. The fraction of sp³-hybridized carbons (Fsp3) is 0.258. The number of rotatable bonds is 11. The predicted molar refractivity (Wildman–Crippen MR) is 160 cm³/mol. The third-order valence-electron chi connectivity index (χ3n) is 6.31. The van der Waals surface area contributed by atoms with Gasteiger partial charge in [0.2, 0.25) is 0 Å². The van der Waals surface area contributed by atoms with E-state index in [0.29, 0.717) is 38.5 Å². The van der Waals surface area contributed by atoms with E-state index in [9.17, 15) is 4.79 Å². The van der Waals surface area contributed by atoms with Gasteiger partial charge in [-0.05, 0) is 60.9 Å². The Morgan fingerprint density at radius 3 is 2.41 bits per heavy atom. The maximum absolute atomic E-state index is 13.5. The lowest BCUT2D eigenvalue weighted by Crippen LogP contribution is -2.19. The number of hydrogen-bond acceptors (Lipinski definition) is 7. The molecule has 0 saturated carbocycles. The number of halogens is 2. The molecule has 0 spiro atoms. The van der Waals surface area contributed by atoms with Crippen LogP contribution in [0.4, 0.5) is 5.69 Å². The average Bonchev–Trinajstić information content (AvgIpc) is 3.37. The summed E-state index contributed by atoms with van der Waals surface area (Å²) in [5, 5.41) is 18.5. The third-order valence-corrected chi connectivity index (χ3v) is 6.80. The van der Waals surface area contributed by atoms with Gasteiger partial charge in [0.25, 0.3) is 0 Å². The van der Waals surface area contributed by atoms with Gasteiger partial charge in [0.1, 0.15) is 23.3 Å². The highest BCUT2D eigenvalue weighted by Crippen LogP contribution is 2.40. The maximum atomic E-state index is 13.5. The second-order valence-corrected chi connectivity index (χ2v) is 10.2. The van der Waals surface area contributed by atoms with Crippen LogP contribution in [-0.4, -0.2) is 36.1 Å². The fourth-order valence-corrected chi connectivity index (χ4v) is 4.90. The van der Waals surface area contributed by atoms with Crippen molar-refractivity contribution in [2.45, 2.75) is 32.7 Å². The first-order valence-electron chi connectivity index (χ1n) is 13.0. The second-order valence-electron chi connectivity index (χ2n) is 9.32. The number of nitrogens with zero attached hydrogens (tertiary/aromatic N) is 3. The molecule has 41 heavy (non-hydrogen) atoms. The first-order chi connectivity index (χ1) is 19.8. The molecule has 3 aromatic carbocycles. The quantitative estimate of drug-likeness (QED) is 0.179. The summed E-state index contributed by atoms with van der Waals surface area (Å²) in [4.78, 5) is 13.5. The van der Waals surface area contributed by atoms with E-state index in [1.165, 1.54) is 0 Å². The van der Waals surface area contributed by atoms with Crippen molar-refractivity contribution in [1.82, 2.24) is 9.78 Å². The Bertz CT molecular complexity index is 1560. The van der Waals surface area contributed by atoms with Crippen molar-refractivity contribution in [3.8, 4) is 23.3 Å². The van der Waals surface area contributed by atoms with Crippen LogP contribution in [-0.2, 0) is 4.74 Å². The summed E-state index contributed by atoms with van der Waals surface area (Å²) >= 11 is 12.6. The molecular weight excluding hydrogens is 563 g/mol. The summed E-state index contributed by atoms with van der Waals surface area (Å²) in [5.74, 6) is 0.370. The van der Waals surface area contributed by atoms with Crippen LogP contribution in [0.5, 0.6) is 11.5 Å². The summed E-state index contributed by atoms with van der Waals surface area (Å²) in [6, 6.07) is 21.2. The molecule has 0 aliphatic heterocycles. The zero-order valence-electron chi connectivity index (χ0n) is 23.2. The monoisotopic (exact) mass is 592 g/mol. The van der Waals surface area contributed by atoms with E-state index in [1.54, 1.807) is 49.0 Å². The lowest BCUT2D eigenvalue weighted by molar-refractivity contribution is 0.0517. The Hall–Kier alpha value is -4.19. The molecule has 1 heterocycles. The van der Waals surface area contributed by atoms with Crippen molar-refractivity contribution in [3.05, 3.63) is 99.3 Å². The largest absolute Gasteiger partial charge is 0.494 e. The molecule has 8 nitrogen and oxygen atoms in total. The highest BCUT2D eigenvalue weighted by atomic mass is 35.5. The van der Waals surface area contributed by atoms with Gasteiger partial charge < -0.3 is 19.5 Å². The molecule has 0 saturated heterocycles. The number of esters is 1. The maximum Gasteiger partial charge on any atom is 0.359 e. The van der Waals surface area contributed by atoms with Crippen molar-refractivity contribution in [2.24, 2.45) is 0 Å². The van der Waals surface area contributed by atoms with Crippen LogP contribution in [0, 0.1) is 11.3 Å². The van der Waals surface area contributed by atoms with Gasteiger partial charge in [-0.25, -0.2) is 9.48 Å². The molecule has 0 aliphatic carbocycles. The Balaban J connectivity index is 2.03. The number of nitrogens with one attached hydrogen (secondary N) is 1. The van der Waals surface area contributed by atoms with E-state index in [-0.39, 0.29) is 24.8 Å². The number of methoxy groups -OCH3 is 1. The van der Waals surface area contributed by atoms with Crippen LogP contribution in [0.2, 0.25) is 10.0 Å². The van der Waals surface area contributed by atoms with E-state index in [4.69, 9.17) is 47.8 Å². The van der Waals surface area contributed by atoms with Crippen LogP contribution >= 0.6 is 23.2 Å². The standard InChI is InChI=1S/C31H30Cl2N4O4/c1-5-40-31(38)29-27(30(19(2)3)37(36-29)24-8-6-7-9-26(24)39-4)28(20-10-12-21(32)13-11-20)35-23-18-22(33)14-15-25(23)41-17-16-34/h6-15,18-19,28,35H,5,17H2,1-4H3. The molecule has 212 valence electrons. The molecule has 0 radical (unpaired) electrons. The molecule has 1 aromatic heterocycles. The van der Waals surface area contributed by atoms with Gasteiger partial charge in [-0.3, -0.25) is 0 Å². The molecule has 0 bridgehead atoms. The minimum Gasteiger partial charge on any atom is -0.494 e. The van der Waals surface area contributed by atoms with Gasteiger partial charge >= 0.3 is 5.97 Å². The molecule has 0 aliphatic rings. The van der Waals surface area contributed by atoms with Crippen molar-refractivity contribution >= 4 is 34.9 Å². The number of nitriles is 1. The van der Waals surface area contributed by atoms with Gasteiger partial charge in [0.05, 0.1) is 31.1 Å². The highest BCUT2D eigenvalue weighted by molar-refractivity contribution is 6.31. The van der Waals surface area contributed by atoms with Gasteiger partial charge in [-0.2, -0.15) is 10.4 Å². The van der Waals surface area contributed by atoms with Crippen LogP contribution in [0.25, 0.3) is 5.69 Å². The Kier molecular flexibility index (Phi) is 9.77. The molecule has 1 N–H and O–H groups in total. The Morgan fingerprint density at radius 2 is 1.76 bits per heavy atom. The number of para-hydroxylation sites is 2. The smallest absolute Gasteiger partial charge is 0.359 e. The number of hydrogen-bond donors (Lipinski definition) is 1. The van der Waals surface area contributed by atoms with Crippen LogP contribution in [0.3, 0.4) is 0 Å². The summed E-state index contributed by atoms with van der Waals surface area (Å²) in [7, 11) is 1.59. The average molecular weight is 594 g/mol. The molecule has 10 heteroatoms. The number of carbonyl (C=O) groups is 1. The molecular formula is C31H30Cl2N4O4. The zero-order valence-corrected chi connectivity index (χ0v) is 24.7. The summed E-state index contributed by atoms with van der Waals surface area (Å²) < 4.78 is 18.6. The fourth-order valence-electron chi connectivity index (χ4n) is 4.61. The minimum atomic E-state index is -0.629. The molecule has 1 unspecified atom stereocenters. The number of aromatic nitrogens is 2. The van der Waals surface area contributed by atoms with Crippen molar-refractivity contribution in [1.29, 1.82) is 5.26 Å². The third kappa shape index (κ3) is 6.59. The Morgan fingerprint density at radius 1 is 1.05 bits per heavy atom. The lowest BCUT2D eigenvalue weighted by Gasteiger charge is -2.25. The van der Waals surface area contributed by atoms with Gasteiger partial charge in [0.15, 0.2) is 12.3 Å². The van der Waals surface area contributed by atoms with Gasteiger partial charge in [-0.15, -0.1) is 0 Å². The molecule has 0 amide bonds. The lowest BCUT2D eigenvalue weighted by atomic mass is 9.92. The number of ether oxygens (including phenoxy) is 3. The normalized spacial score (nSPS) is 11.6. The minimum absolute atomic E-state index is 0.0872. The van der Waals surface area contributed by atoms with Gasteiger partial charge in [0, 0.05) is 15.6 Å². The SMILES string of the molecule is CCOC(=O)c1nn(-c2ccccc2OC)c(C(C)C)c1C(Nc1cc(Cl)ccc1OCC#N)c1ccc(Cl)cc1. The van der Waals surface area contributed by atoms with E-state index >= 15 is 0 Å². The van der Waals surface area contributed by atoms with Crippen molar-refractivity contribution in [3.63, 3.8) is 0 Å². The number of benzene rings is 3. The topological polar surface area (TPSA) is 98.4 Å². The number of anilines is 1. The van der Waals surface area contributed by atoms with Gasteiger partial charge in [-0.1, -0.05) is 61.3 Å². The first kappa shape index (κ1) is 29.8. The van der Waals surface area contributed by atoms with Crippen molar-refractivity contribution in [2.75, 3.05) is 25.6 Å². The first-order valence-corrected chi connectivity index (χ1v) is 13.8. The van der Waals surface area contributed by atoms with E-state index < -0.39 is 12.0 Å². The molecule has 4 aromatic rings. The van der Waals surface area contributed by atoms with Crippen molar-refractivity contribution < 1.29 is 19.0 Å². The highest BCUT2D eigenvalue weighted by Gasteiger charge is 2.33. The number of carbonyl (C=O) groups excluding carboxylic acids is 1. The van der Waals surface area contributed by atoms with E-state index in [2.05, 4.69) is 5.32 Å². The molecule has 1 atom stereocenters. The van der Waals surface area contributed by atoms with Crippen LogP contribution in [0.15, 0.2) is 66.7 Å². The van der Waals surface area contributed by atoms with E-state index in [0.717, 1.165) is 11.3 Å². The molecule has 4 rings (SSSR count). The van der Waals surface area contributed by atoms with E-state index in [1.807, 2.05) is 56.3 Å². The zero-order chi connectivity index (χ0) is 29.5. The second kappa shape index (κ2) is 13.4. The molecule has 0 fully saturated rings. The Labute approximate surface area is 249 Å².